The van der Waals surface area contributed by atoms with Crippen molar-refractivity contribution in [2.24, 2.45) is 5.92 Å². The Morgan fingerprint density at radius 1 is 0.903 bits per heavy atom. The van der Waals surface area contributed by atoms with E-state index in [9.17, 15) is 19.2 Å². The zero-order valence-electron chi connectivity index (χ0n) is 18.5. The third-order valence-electron chi connectivity index (χ3n) is 4.84. The number of methoxy groups -OCH3 is 1. The molecule has 0 aliphatic rings. The van der Waals surface area contributed by atoms with Gasteiger partial charge in [-0.2, -0.15) is 12.6 Å². The summed E-state index contributed by atoms with van der Waals surface area (Å²) in [6, 6.07) is 5.72. The molecule has 10 heteroatoms. The van der Waals surface area contributed by atoms with Crippen LogP contribution >= 0.6 is 12.6 Å². The highest BCUT2D eigenvalue weighted by atomic mass is 32.1. The number of rotatable bonds is 11. The fraction of sp³-hybridized carbons (Fsp3) is 0.524. The second-order valence-corrected chi connectivity index (χ2v) is 7.84. The van der Waals surface area contributed by atoms with Crippen molar-refractivity contribution in [2.75, 3.05) is 21.2 Å². The van der Waals surface area contributed by atoms with Gasteiger partial charge in [-0.05, 0) is 38.0 Å². The van der Waals surface area contributed by atoms with Crippen molar-refractivity contribution in [1.29, 1.82) is 0 Å². The summed E-state index contributed by atoms with van der Waals surface area (Å²) in [5, 5.41) is 9.64. The largest absolute Gasteiger partial charge is 0.497 e. The van der Waals surface area contributed by atoms with Crippen molar-refractivity contribution in [1.82, 2.24) is 21.3 Å². The number of benzene rings is 1. The van der Waals surface area contributed by atoms with Crippen LogP contribution in [0.5, 0.6) is 5.75 Å². The topological polar surface area (TPSA) is 126 Å². The maximum atomic E-state index is 12.9. The van der Waals surface area contributed by atoms with E-state index in [-0.39, 0.29) is 18.2 Å². The fourth-order valence-electron chi connectivity index (χ4n) is 2.86. The molecule has 0 aromatic heterocycles. The summed E-state index contributed by atoms with van der Waals surface area (Å²) in [6.45, 7) is 3.05. The lowest BCUT2D eigenvalue weighted by Gasteiger charge is -2.24. The number of carbonyl (C=O) groups excluding carboxylic acids is 4. The van der Waals surface area contributed by atoms with Crippen LogP contribution in [0.25, 0.3) is 0 Å². The lowest BCUT2D eigenvalue weighted by atomic mass is 9.94. The molecule has 9 nitrogen and oxygen atoms in total. The number of hydrogen-bond acceptors (Lipinski definition) is 6. The minimum atomic E-state index is -0.895. The first-order valence-corrected chi connectivity index (χ1v) is 10.5. The van der Waals surface area contributed by atoms with Crippen molar-refractivity contribution in [2.45, 2.75) is 44.0 Å². The second-order valence-electron chi connectivity index (χ2n) is 7.18. The van der Waals surface area contributed by atoms with Gasteiger partial charge in [0.2, 0.25) is 23.6 Å². The Morgan fingerprint density at radius 2 is 1.45 bits per heavy atom. The molecule has 1 aromatic rings. The number of nitrogens with one attached hydrogen (secondary N) is 4. The molecule has 0 aliphatic carbocycles. The van der Waals surface area contributed by atoms with Gasteiger partial charge in [0.1, 0.15) is 17.8 Å². The van der Waals surface area contributed by atoms with E-state index in [1.807, 2.05) is 24.3 Å². The van der Waals surface area contributed by atoms with E-state index < -0.39 is 35.1 Å². The first kappa shape index (κ1) is 26.3. The molecule has 1 aromatic carbocycles. The average Bonchev–Trinajstić information content (AvgIpc) is 2.76. The number of hydrogen-bond donors (Lipinski definition) is 5. The number of ether oxygens (including phenoxy) is 1. The van der Waals surface area contributed by atoms with E-state index in [2.05, 4.69) is 33.9 Å². The van der Waals surface area contributed by atoms with Gasteiger partial charge in [0.05, 0.1) is 13.0 Å². The SMILES string of the molecule is CNC(=O)C[C@H](C(=O)N[C@H](C)C(=O)N[C@H](C)C(=O)NC)C(S)Cc1ccc(OC)cc1. The zero-order chi connectivity index (χ0) is 23.6. The van der Waals surface area contributed by atoms with Crippen molar-refractivity contribution in [3.63, 3.8) is 0 Å². The minimum absolute atomic E-state index is 0.0738. The zero-order valence-corrected chi connectivity index (χ0v) is 19.4. The quantitative estimate of drug-likeness (QED) is 0.303. The molecule has 0 aliphatic heterocycles. The highest BCUT2D eigenvalue weighted by molar-refractivity contribution is 7.81. The molecule has 1 unspecified atom stereocenters. The summed E-state index contributed by atoms with van der Waals surface area (Å²) in [5.74, 6) is -1.68. The molecule has 31 heavy (non-hydrogen) atoms. The first-order valence-electron chi connectivity index (χ1n) is 9.96. The van der Waals surface area contributed by atoms with Gasteiger partial charge in [0.25, 0.3) is 0 Å². The molecule has 0 bridgehead atoms. The van der Waals surface area contributed by atoms with Gasteiger partial charge >= 0.3 is 0 Å². The van der Waals surface area contributed by atoms with E-state index in [0.717, 1.165) is 5.56 Å². The summed E-state index contributed by atoms with van der Waals surface area (Å²) in [7, 11) is 4.53. The van der Waals surface area contributed by atoms with Crippen molar-refractivity contribution >= 4 is 36.3 Å². The Hall–Kier alpha value is -2.75. The maximum absolute atomic E-state index is 12.9. The van der Waals surface area contributed by atoms with E-state index >= 15 is 0 Å². The first-order chi connectivity index (χ1) is 14.6. The van der Waals surface area contributed by atoms with E-state index in [1.54, 1.807) is 7.11 Å². The summed E-state index contributed by atoms with van der Waals surface area (Å²) in [6.07, 6.45) is 0.367. The van der Waals surface area contributed by atoms with Crippen LogP contribution in [0.3, 0.4) is 0 Å². The van der Waals surface area contributed by atoms with Crippen LogP contribution in [0, 0.1) is 5.92 Å². The summed E-state index contributed by atoms with van der Waals surface area (Å²) in [5.41, 5.74) is 0.931. The Bertz CT molecular complexity index is 772. The number of amides is 4. The molecule has 0 fully saturated rings. The van der Waals surface area contributed by atoms with E-state index in [1.165, 1.54) is 27.9 Å². The molecule has 4 atom stereocenters. The van der Waals surface area contributed by atoms with Crippen molar-refractivity contribution in [3.8, 4) is 5.75 Å². The molecule has 0 saturated heterocycles. The van der Waals surface area contributed by atoms with Crippen LogP contribution < -0.4 is 26.0 Å². The van der Waals surface area contributed by atoms with Gasteiger partial charge in [0.15, 0.2) is 0 Å². The monoisotopic (exact) mass is 452 g/mol. The van der Waals surface area contributed by atoms with E-state index in [4.69, 9.17) is 4.74 Å². The Kier molecular flexibility index (Phi) is 10.9. The second kappa shape index (κ2) is 12.8. The van der Waals surface area contributed by atoms with Gasteiger partial charge in [-0.1, -0.05) is 12.1 Å². The molecule has 4 amide bonds. The molecule has 172 valence electrons. The number of carbonyl (C=O) groups is 4. The summed E-state index contributed by atoms with van der Waals surface area (Å²) < 4.78 is 5.14. The Balaban J connectivity index is 2.85. The van der Waals surface area contributed by atoms with Gasteiger partial charge in [0, 0.05) is 25.8 Å². The van der Waals surface area contributed by atoms with Crippen LogP contribution in [0.2, 0.25) is 0 Å². The highest BCUT2D eigenvalue weighted by Crippen LogP contribution is 2.22. The number of thiol groups is 1. The van der Waals surface area contributed by atoms with Crippen molar-refractivity contribution < 1.29 is 23.9 Å². The summed E-state index contributed by atoms with van der Waals surface area (Å²) in [4.78, 5) is 48.8. The molecule has 0 spiro atoms. The summed E-state index contributed by atoms with van der Waals surface area (Å²) >= 11 is 4.58. The van der Waals surface area contributed by atoms with E-state index in [0.29, 0.717) is 12.2 Å². The number of likely N-dealkylation sites (N-methyl/N-ethyl adjacent to an activating group) is 1. The molecule has 0 radical (unpaired) electrons. The lowest BCUT2D eigenvalue weighted by Crippen LogP contribution is -2.53. The molecule has 0 heterocycles. The third-order valence-corrected chi connectivity index (χ3v) is 5.38. The van der Waals surface area contributed by atoms with Gasteiger partial charge in [-0.15, -0.1) is 0 Å². The smallest absolute Gasteiger partial charge is 0.242 e. The lowest BCUT2D eigenvalue weighted by molar-refractivity contribution is -0.134. The molecule has 1 rings (SSSR count). The highest BCUT2D eigenvalue weighted by Gasteiger charge is 2.30. The molecule has 4 N–H and O–H groups in total. The molecular weight excluding hydrogens is 420 g/mol. The molecule has 0 saturated carbocycles. The van der Waals surface area contributed by atoms with Crippen molar-refractivity contribution in [3.05, 3.63) is 29.8 Å². The fourth-order valence-corrected chi connectivity index (χ4v) is 3.31. The van der Waals surface area contributed by atoms with Crippen LogP contribution in [-0.2, 0) is 25.6 Å². The van der Waals surface area contributed by atoms with Gasteiger partial charge in [-0.3, -0.25) is 19.2 Å². The van der Waals surface area contributed by atoms with Gasteiger partial charge in [-0.25, -0.2) is 0 Å². The average molecular weight is 453 g/mol. The van der Waals surface area contributed by atoms with Crippen LogP contribution in [-0.4, -0.2) is 62.2 Å². The maximum Gasteiger partial charge on any atom is 0.242 e. The van der Waals surface area contributed by atoms with Crippen LogP contribution in [0.4, 0.5) is 0 Å². The Morgan fingerprint density at radius 3 is 1.97 bits per heavy atom. The molecular formula is C21H32N4O5S. The van der Waals surface area contributed by atoms with Crippen LogP contribution in [0.15, 0.2) is 24.3 Å². The normalized spacial score (nSPS) is 14.4. The Labute approximate surface area is 188 Å². The third kappa shape index (κ3) is 8.49. The standard InChI is InChI=1S/C21H32N4O5S/c1-12(19(27)23-4)24-20(28)13(2)25-21(29)16(11-18(26)22-3)17(31)10-14-6-8-15(30-5)9-7-14/h6-9,12-13,16-17,31H,10-11H2,1-5H3,(H,22,26)(H,23,27)(H,24,28)(H,25,29)/t12-,13-,16+,17?/m1/s1. The van der Waals surface area contributed by atoms with Gasteiger partial charge < -0.3 is 26.0 Å². The predicted octanol–water partition coefficient (Wildman–Crippen LogP) is 0.0438. The predicted molar refractivity (Wildman–Crippen MR) is 121 cm³/mol. The van der Waals surface area contributed by atoms with Crippen LogP contribution in [0.1, 0.15) is 25.8 Å². The minimum Gasteiger partial charge on any atom is -0.497 e.